The predicted molar refractivity (Wildman–Crippen MR) is 61.9 cm³/mol. The Morgan fingerprint density at radius 1 is 1.38 bits per heavy atom. The Labute approximate surface area is 95.3 Å². The molecule has 0 aliphatic carbocycles. The van der Waals surface area contributed by atoms with Crippen molar-refractivity contribution in [2.75, 3.05) is 13.2 Å². The topological polar surface area (TPSA) is 64.5 Å². The van der Waals surface area contributed by atoms with Gasteiger partial charge in [-0.05, 0) is 17.5 Å². The zero-order valence-electron chi connectivity index (χ0n) is 9.19. The molecule has 2 atom stereocenters. The van der Waals surface area contributed by atoms with Crippen LogP contribution in [-0.2, 0) is 13.0 Å². The molecule has 1 aliphatic heterocycles. The van der Waals surface area contributed by atoms with Crippen molar-refractivity contribution < 1.29 is 10.2 Å². The lowest BCUT2D eigenvalue weighted by Gasteiger charge is -2.27. The highest BCUT2D eigenvalue weighted by atomic mass is 16.3. The molecule has 1 aliphatic rings. The third-order valence-electron chi connectivity index (χ3n) is 2.94. The quantitative estimate of drug-likeness (QED) is 0.524. The number of nitrogens with one attached hydrogen (secondary N) is 2. The normalized spacial score (nSPS) is 21.5. The number of benzene rings is 1. The maximum absolute atomic E-state index is 9.19. The monoisotopic (exact) mass is 222 g/mol. The van der Waals surface area contributed by atoms with Crippen LogP contribution in [0, 0.1) is 0 Å². The molecule has 1 aromatic rings. The molecule has 1 heterocycles. The summed E-state index contributed by atoms with van der Waals surface area (Å²) in [6.45, 7) is 1.29. The fraction of sp³-hybridized carbons (Fsp3) is 0.500. The summed E-state index contributed by atoms with van der Waals surface area (Å²) in [7, 11) is 0. The molecule has 0 bridgehead atoms. The Kier molecular flexibility index (Phi) is 3.90. The fourth-order valence-electron chi connectivity index (χ4n) is 2.01. The van der Waals surface area contributed by atoms with E-state index in [1.54, 1.807) is 0 Å². The molecule has 1 unspecified atom stereocenters. The number of aliphatic hydroxyl groups is 2. The minimum absolute atomic E-state index is 0.247. The van der Waals surface area contributed by atoms with Gasteiger partial charge in [-0.25, -0.2) is 0 Å². The van der Waals surface area contributed by atoms with Gasteiger partial charge < -0.3 is 15.5 Å². The van der Waals surface area contributed by atoms with Gasteiger partial charge in [-0.1, -0.05) is 24.3 Å². The minimum atomic E-state index is -0.820. The average Bonchev–Trinajstić information content (AvgIpc) is 2.35. The molecule has 88 valence electrons. The molecular weight excluding hydrogens is 204 g/mol. The smallest absolute Gasteiger partial charge is 0.128 e. The van der Waals surface area contributed by atoms with Gasteiger partial charge in [-0.15, -0.1) is 0 Å². The van der Waals surface area contributed by atoms with Crippen molar-refractivity contribution in [2.24, 2.45) is 0 Å². The van der Waals surface area contributed by atoms with Crippen molar-refractivity contribution in [3.8, 4) is 0 Å². The van der Waals surface area contributed by atoms with Gasteiger partial charge >= 0.3 is 0 Å². The van der Waals surface area contributed by atoms with E-state index < -0.39 is 6.23 Å². The van der Waals surface area contributed by atoms with Gasteiger partial charge in [0.05, 0.1) is 6.61 Å². The molecule has 0 amide bonds. The van der Waals surface area contributed by atoms with Crippen molar-refractivity contribution in [1.29, 1.82) is 0 Å². The second-order valence-corrected chi connectivity index (χ2v) is 4.16. The minimum Gasteiger partial charge on any atom is -0.392 e. The average molecular weight is 222 g/mol. The van der Waals surface area contributed by atoms with E-state index in [-0.39, 0.29) is 6.61 Å². The van der Waals surface area contributed by atoms with E-state index in [0.29, 0.717) is 12.6 Å². The first kappa shape index (κ1) is 11.5. The van der Waals surface area contributed by atoms with Crippen LogP contribution in [0.2, 0.25) is 0 Å². The van der Waals surface area contributed by atoms with Gasteiger partial charge in [0, 0.05) is 19.1 Å². The molecule has 16 heavy (non-hydrogen) atoms. The first-order valence-electron chi connectivity index (χ1n) is 5.62. The Morgan fingerprint density at radius 3 is 2.88 bits per heavy atom. The lowest BCUT2D eigenvalue weighted by Crippen LogP contribution is -2.46. The first-order chi connectivity index (χ1) is 7.79. The molecule has 0 radical (unpaired) electrons. The number of hydrogen-bond acceptors (Lipinski definition) is 4. The third kappa shape index (κ3) is 2.80. The summed E-state index contributed by atoms with van der Waals surface area (Å²) in [5.41, 5.74) is 2.72. The van der Waals surface area contributed by atoms with Gasteiger partial charge in [0.15, 0.2) is 0 Å². The molecule has 4 heteroatoms. The van der Waals surface area contributed by atoms with Crippen LogP contribution >= 0.6 is 0 Å². The van der Waals surface area contributed by atoms with Gasteiger partial charge in [0.25, 0.3) is 0 Å². The molecule has 4 nitrogen and oxygen atoms in total. The van der Waals surface area contributed by atoms with Crippen molar-refractivity contribution in [2.45, 2.75) is 25.2 Å². The maximum atomic E-state index is 9.19. The molecule has 0 saturated heterocycles. The molecule has 0 saturated carbocycles. The van der Waals surface area contributed by atoms with E-state index in [9.17, 15) is 5.11 Å². The van der Waals surface area contributed by atoms with Crippen molar-refractivity contribution in [3.05, 3.63) is 35.4 Å². The van der Waals surface area contributed by atoms with Crippen LogP contribution in [0.15, 0.2) is 24.3 Å². The van der Waals surface area contributed by atoms with E-state index in [1.807, 2.05) is 0 Å². The lowest BCUT2D eigenvalue weighted by molar-refractivity contribution is 0.0657. The highest BCUT2D eigenvalue weighted by molar-refractivity contribution is 5.29. The van der Waals surface area contributed by atoms with Crippen molar-refractivity contribution >= 4 is 0 Å². The highest BCUT2D eigenvalue weighted by Crippen LogP contribution is 2.15. The SMILES string of the molecule is OCC(O)NC[C@@H]1Cc2ccccc2CN1. The first-order valence-corrected chi connectivity index (χ1v) is 5.62. The number of aliphatic hydroxyl groups excluding tert-OH is 2. The Bertz CT molecular complexity index is 344. The van der Waals surface area contributed by atoms with Crippen LogP contribution in [0.3, 0.4) is 0 Å². The second-order valence-electron chi connectivity index (χ2n) is 4.16. The standard InChI is InChI=1S/C12H18N2O2/c15-8-12(16)14-7-11-5-9-3-1-2-4-10(9)6-13-11/h1-4,11-16H,5-8H2/t11-,12?/m0/s1. The van der Waals surface area contributed by atoms with Crippen molar-refractivity contribution in [3.63, 3.8) is 0 Å². The summed E-state index contributed by atoms with van der Waals surface area (Å²) in [5, 5.41) is 24.2. The van der Waals surface area contributed by atoms with E-state index in [2.05, 4.69) is 34.9 Å². The van der Waals surface area contributed by atoms with Gasteiger partial charge in [0.1, 0.15) is 6.23 Å². The molecule has 2 rings (SSSR count). The number of fused-ring (bicyclic) bond motifs is 1. The van der Waals surface area contributed by atoms with E-state index in [1.165, 1.54) is 11.1 Å². The zero-order valence-corrected chi connectivity index (χ0v) is 9.19. The van der Waals surface area contributed by atoms with Gasteiger partial charge in [0.2, 0.25) is 0 Å². The summed E-state index contributed by atoms with van der Waals surface area (Å²) in [6, 6.07) is 8.70. The van der Waals surface area contributed by atoms with E-state index in [4.69, 9.17) is 5.11 Å². The Hall–Kier alpha value is -0.940. The van der Waals surface area contributed by atoms with Gasteiger partial charge in [-0.3, -0.25) is 5.32 Å². The number of rotatable bonds is 4. The summed E-state index contributed by atoms with van der Waals surface area (Å²) >= 11 is 0. The summed E-state index contributed by atoms with van der Waals surface area (Å²) in [5.74, 6) is 0. The summed E-state index contributed by atoms with van der Waals surface area (Å²) in [6.07, 6.45) is 0.139. The fourth-order valence-corrected chi connectivity index (χ4v) is 2.01. The summed E-state index contributed by atoms with van der Waals surface area (Å²) in [4.78, 5) is 0. The zero-order chi connectivity index (χ0) is 11.4. The lowest BCUT2D eigenvalue weighted by atomic mass is 9.96. The van der Waals surface area contributed by atoms with Crippen molar-refractivity contribution in [1.82, 2.24) is 10.6 Å². The molecule has 0 aromatic heterocycles. The highest BCUT2D eigenvalue weighted by Gasteiger charge is 2.17. The van der Waals surface area contributed by atoms with Crippen LogP contribution in [0.5, 0.6) is 0 Å². The third-order valence-corrected chi connectivity index (χ3v) is 2.94. The van der Waals surface area contributed by atoms with Gasteiger partial charge in [-0.2, -0.15) is 0 Å². The molecule has 0 spiro atoms. The van der Waals surface area contributed by atoms with Crippen LogP contribution in [-0.4, -0.2) is 35.6 Å². The predicted octanol–water partition coefficient (Wildman–Crippen LogP) is -0.399. The van der Waals surface area contributed by atoms with E-state index >= 15 is 0 Å². The van der Waals surface area contributed by atoms with Crippen LogP contribution in [0.4, 0.5) is 0 Å². The Balaban J connectivity index is 1.88. The van der Waals surface area contributed by atoms with Crippen LogP contribution < -0.4 is 10.6 Å². The molecule has 1 aromatic carbocycles. The largest absolute Gasteiger partial charge is 0.392 e. The van der Waals surface area contributed by atoms with Crippen LogP contribution in [0.1, 0.15) is 11.1 Å². The Morgan fingerprint density at radius 2 is 2.12 bits per heavy atom. The van der Waals surface area contributed by atoms with Crippen LogP contribution in [0.25, 0.3) is 0 Å². The molecule has 0 fully saturated rings. The number of hydrogen-bond donors (Lipinski definition) is 4. The second kappa shape index (κ2) is 5.41. The molecule has 4 N–H and O–H groups in total. The van der Waals surface area contributed by atoms with E-state index in [0.717, 1.165) is 13.0 Å². The summed E-state index contributed by atoms with van der Waals surface area (Å²) < 4.78 is 0. The molecular formula is C12H18N2O2. The maximum Gasteiger partial charge on any atom is 0.128 e.